The van der Waals surface area contributed by atoms with E-state index in [9.17, 15) is 5.11 Å². The van der Waals surface area contributed by atoms with Crippen molar-refractivity contribution < 1.29 is 5.11 Å². The fraction of sp³-hybridized carbons (Fsp3) is 0.0625. The highest BCUT2D eigenvalue weighted by atomic mass is 32.2. The summed E-state index contributed by atoms with van der Waals surface area (Å²) < 4.78 is 1.62. The van der Waals surface area contributed by atoms with Gasteiger partial charge in [-0.05, 0) is 23.3 Å². The van der Waals surface area contributed by atoms with Crippen LogP contribution in [0, 0.1) is 0 Å². The molecule has 5 nitrogen and oxygen atoms in total. The second-order valence-corrected chi connectivity index (χ2v) is 5.51. The quantitative estimate of drug-likeness (QED) is 0.581. The maximum atomic E-state index is 9.44. The molecule has 0 radical (unpaired) electrons. The largest absolute Gasteiger partial charge is 0.508 e. The van der Waals surface area contributed by atoms with Crippen molar-refractivity contribution in [2.24, 2.45) is 5.10 Å². The summed E-state index contributed by atoms with van der Waals surface area (Å²) in [5, 5.41) is 22.5. The van der Waals surface area contributed by atoms with Gasteiger partial charge in [-0.2, -0.15) is 9.78 Å². The number of aromatic nitrogens is 3. The van der Waals surface area contributed by atoms with Gasteiger partial charge in [-0.15, -0.1) is 10.2 Å². The first kappa shape index (κ1) is 14.3. The molecule has 1 aromatic heterocycles. The number of thioether (sulfide) groups is 1. The van der Waals surface area contributed by atoms with Crippen molar-refractivity contribution in [2.45, 2.75) is 10.9 Å². The monoisotopic (exact) mass is 310 g/mol. The normalized spacial score (nSPS) is 11.1. The van der Waals surface area contributed by atoms with Crippen LogP contribution >= 0.6 is 11.8 Å². The van der Waals surface area contributed by atoms with E-state index in [0.29, 0.717) is 0 Å². The van der Waals surface area contributed by atoms with Crippen LogP contribution in [0.5, 0.6) is 5.75 Å². The average Bonchev–Trinajstić information content (AvgIpc) is 2.99. The minimum atomic E-state index is 0.214. The molecule has 0 unspecified atom stereocenters. The van der Waals surface area contributed by atoms with E-state index in [2.05, 4.69) is 27.4 Å². The second-order valence-electron chi connectivity index (χ2n) is 4.57. The zero-order valence-corrected chi connectivity index (χ0v) is 12.5. The fourth-order valence-electron chi connectivity index (χ4n) is 1.85. The van der Waals surface area contributed by atoms with Crippen LogP contribution in [0.15, 0.2) is 71.2 Å². The van der Waals surface area contributed by atoms with Crippen molar-refractivity contribution in [2.75, 3.05) is 0 Å². The maximum Gasteiger partial charge on any atom is 0.212 e. The van der Waals surface area contributed by atoms with Gasteiger partial charge in [-0.3, -0.25) is 0 Å². The van der Waals surface area contributed by atoms with E-state index in [1.54, 1.807) is 47.2 Å². The number of hydrogen-bond acceptors (Lipinski definition) is 5. The van der Waals surface area contributed by atoms with Gasteiger partial charge in [0.15, 0.2) is 0 Å². The Bertz CT molecular complexity index is 771. The van der Waals surface area contributed by atoms with Gasteiger partial charge in [0.05, 0.1) is 6.21 Å². The molecule has 0 aliphatic heterocycles. The topological polar surface area (TPSA) is 63.3 Å². The second kappa shape index (κ2) is 6.91. The lowest BCUT2D eigenvalue weighted by Gasteiger charge is -2.01. The standard InChI is InChI=1S/C16H14N4OS/c21-15-8-4-7-14(9-15)10-18-20-12-17-19-16(20)22-11-13-5-2-1-3-6-13/h1-10,12,21H,11H2/b18-10-. The van der Waals surface area contributed by atoms with Crippen LogP contribution in [0.25, 0.3) is 0 Å². The summed E-state index contributed by atoms with van der Waals surface area (Å²) in [5.41, 5.74) is 2.03. The van der Waals surface area contributed by atoms with Crippen LogP contribution in [0.3, 0.4) is 0 Å². The Kier molecular flexibility index (Phi) is 4.50. The highest BCUT2D eigenvalue weighted by Crippen LogP contribution is 2.20. The predicted octanol–water partition coefficient (Wildman–Crippen LogP) is 3.16. The van der Waals surface area contributed by atoms with E-state index >= 15 is 0 Å². The molecule has 0 atom stereocenters. The van der Waals surface area contributed by atoms with Gasteiger partial charge in [-0.1, -0.05) is 54.2 Å². The molecular formula is C16H14N4OS. The molecule has 0 spiro atoms. The summed E-state index contributed by atoms with van der Waals surface area (Å²) in [6, 6.07) is 17.1. The fourth-order valence-corrected chi connectivity index (χ4v) is 2.67. The zero-order chi connectivity index (χ0) is 15.2. The molecular weight excluding hydrogens is 296 g/mol. The number of nitrogens with zero attached hydrogens (tertiary/aromatic N) is 4. The molecule has 0 aliphatic carbocycles. The lowest BCUT2D eigenvalue weighted by Crippen LogP contribution is -1.92. The van der Waals surface area contributed by atoms with Crippen molar-refractivity contribution in [3.63, 3.8) is 0 Å². The highest BCUT2D eigenvalue weighted by Gasteiger charge is 2.04. The van der Waals surface area contributed by atoms with Gasteiger partial charge in [0.25, 0.3) is 0 Å². The molecule has 0 amide bonds. The Balaban J connectivity index is 1.69. The van der Waals surface area contributed by atoms with Crippen LogP contribution in [-0.2, 0) is 5.75 Å². The van der Waals surface area contributed by atoms with Crippen molar-refractivity contribution in [1.29, 1.82) is 0 Å². The van der Waals surface area contributed by atoms with E-state index in [4.69, 9.17) is 0 Å². The van der Waals surface area contributed by atoms with E-state index in [1.165, 1.54) is 5.56 Å². The summed E-state index contributed by atoms with van der Waals surface area (Å²) in [4.78, 5) is 0. The van der Waals surface area contributed by atoms with E-state index in [1.807, 2.05) is 24.3 Å². The first-order valence-electron chi connectivity index (χ1n) is 6.71. The van der Waals surface area contributed by atoms with Gasteiger partial charge in [0, 0.05) is 5.75 Å². The Morgan fingerprint density at radius 1 is 1.14 bits per heavy atom. The smallest absolute Gasteiger partial charge is 0.212 e. The van der Waals surface area contributed by atoms with Crippen LogP contribution in [0.2, 0.25) is 0 Å². The number of aromatic hydroxyl groups is 1. The molecule has 0 saturated carbocycles. The van der Waals surface area contributed by atoms with Crippen molar-refractivity contribution >= 4 is 18.0 Å². The molecule has 2 aromatic carbocycles. The Hall–Kier alpha value is -2.60. The summed E-state index contributed by atoms with van der Waals surface area (Å²) in [6.45, 7) is 0. The molecule has 1 heterocycles. The molecule has 110 valence electrons. The molecule has 0 saturated heterocycles. The third-order valence-electron chi connectivity index (χ3n) is 2.91. The van der Waals surface area contributed by atoms with Gasteiger partial charge >= 0.3 is 0 Å². The lowest BCUT2D eigenvalue weighted by molar-refractivity contribution is 0.475. The number of hydrogen-bond donors (Lipinski definition) is 1. The molecule has 3 aromatic rings. The van der Waals surface area contributed by atoms with Gasteiger partial charge in [0.1, 0.15) is 12.1 Å². The Labute approximate surface area is 132 Å². The molecule has 3 rings (SSSR count). The maximum absolute atomic E-state index is 9.44. The summed E-state index contributed by atoms with van der Waals surface area (Å²) >= 11 is 1.57. The number of phenolic OH excluding ortho intramolecular Hbond substituents is 1. The van der Waals surface area contributed by atoms with Crippen LogP contribution in [0.4, 0.5) is 0 Å². The Morgan fingerprint density at radius 3 is 2.82 bits per heavy atom. The SMILES string of the molecule is Oc1cccc(/C=N\n2cnnc2SCc2ccccc2)c1. The minimum absolute atomic E-state index is 0.214. The van der Waals surface area contributed by atoms with E-state index in [0.717, 1.165) is 16.5 Å². The first-order valence-corrected chi connectivity index (χ1v) is 7.70. The number of phenols is 1. The molecule has 1 N–H and O–H groups in total. The van der Waals surface area contributed by atoms with Crippen molar-refractivity contribution in [3.8, 4) is 5.75 Å². The van der Waals surface area contributed by atoms with E-state index in [-0.39, 0.29) is 5.75 Å². The highest BCUT2D eigenvalue weighted by molar-refractivity contribution is 7.98. The van der Waals surface area contributed by atoms with Crippen molar-refractivity contribution in [3.05, 3.63) is 72.1 Å². The number of benzene rings is 2. The van der Waals surface area contributed by atoms with E-state index < -0.39 is 0 Å². The minimum Gasteiger partial charge on any atom is -0.508 e. The molecule has 0 fully saturated rings. The van der Waals surface area contributed by atoms with Gasteiger partial charge in [-0.25, -0.2) is 0 Å². The summed E-state index contributed by atoms with van der Waals surface area (Å²) in [7, 11) is 0. The van der Waals surface area contributed by atoms with Crippen molar-refractivity contribution in [1.82, 2.24) is 14.9 Å². The zero-order valence-electron chi connectivity index (χ0n) is 11.7. The Morgan fingerprint density at radius 2 is 2.00 bits per heavy atom. The van der Waals surface area contributed by atoms with Crippen LogP contribution < -0.4 is 0 Å². The molecule has 22 heavy (non-hydrogen) atoms. The lowest BCUT2D eigenvalue weighted by atomic mass is 10.2. The molecule has 0 bridgehead atoms. The van der Waals surface area contributed by atoms with Gasteiger partial charge in [0.2, 0.25) is 5.16 Å². The number of rotatable bonds is 5. The third kappa shape index (κ3) is 3.73. The molecule has 6 heteroatoms. The first-order chi connectivity index (χ1) is 10.8. The summed E-state index contributed by atoms with van der Waals surface area (Å²) in [5.74, 6) is 1.02. The van der Waals surface area contributed by atoms with Crippen LogP contribution in [-0.4, -0.2) is 26.2 Å². The average molecular weight is 310 g/mol. The molecule has 0 aliphatic rings. The van der Waals surface area contributed by atoms with Gasteiger partial charge < -0.3 is 5.11 Å². The predicted molar refractivity (Wildman–Crippen MR) is 87.1 cm³/mol. The summed E-state index contributed by atoms with van der Waals surface area (Å²) in [6.07, 6.45) is 3.22. The van der Waals surface area contributed by atoms with Crippen LogP contribution in [0.1, 0.15) is 11.1 Å². The third-order valence-corrected chi connectivity index (χ3v) is 3.92.